The minimum absolute atomic E-state index is 0.111. The monoisotopic (exact) mass is 406 g/mol. The number of thiophene rings is 1. The van der Waals surface area contributed by atoms with E-state index in [1.807, 2.05) is 48.5 Å². The number of aliphatic imine (C=N–C) groups is 1. The quantitative estimate of drug-likeness (QED) is 0.568. The Hall–Kier alpha value is -3.12. The first kappa shape index (κ1) is 19.2. The molecule has 0 bridgehead atoms. The molecule has 6 heteroatoms. The topological polar surface area (TPSA) is 59.9 Å². The Morgan fingerprint density at radius 2 is 1.93 bits per heavy atom. The summed E-state index contributed by atoms with van der Waals surface area (Å²) in [5.74, 6) is 1.32. The lowest BCUT2D eigenvalue weighted by molar-refractivity contribution is 0.102. The molecule has 0 radical (unpaired) electrons. The Bertz CT molecular complexity index is 1060. The summed E-state index contributed by atoms with van der Waals surface area (Å²) < 4.78 is 10.7. The molecule has 1 N–H and O–H groups in total. The van der Waals surface area contributed by atoms with Gasteiger partial charge in [0.1, 0.15) is 16.5 Å². The number of carbonyl (C=O) groups is 1. The number of fused-ring (bicyclic) bond motifs is 1. The number of hydrogen-bond donors (Lipinski definition) is 1. The van der Waals surface area contributed by atoms with Crippen molar-refractivity contribution in [3.05, 3.63) is 70.1 Å². The fraction of sp³-hybridized carbons (Fsp3) is 0.217. The number of benzene rings is 2. The molecule has 1 aliphatic rings. The van der Waals surface area contributed by atoms with Crippen LogP contribution in [0.1, 0.15) is 32.8 Å². The maximum absolute atomic E-state index is 13.1. The fourth-order valence-electron chi connectivity index (χ4n) is 3.50. The maximum Gasteiger partial charge on any atom is 0.259 e. The molecule has 2 aromatic carbocycles. The number of ether oxygens (including phenoxy) is 2. The van der Waals surface area contributed by atoms with Gasteiger partial charge in [-0.3, -0.25) is 4.79 Å². The first-order valence-corrected chi connectivity index (χ1v) is 10.3. The summed E-state index contributed by atoms with van der Waals surface area (Å²) in [6.07, 6.45) is 4.74. The van der Waals surface area contributed by atoms with E-state index in [0.29, 0.717) is 11.3 Å². The van der Waals surface area contributed by atoms with E-state index in [1.165, 1.54) is 4.88 Å². The van der Waals surface area contributed by atoms with E-state index >= 15 is 0 Å². The normalized spacial score (nSPS) is 12.8. The van der Waals surface area contributed by atoms with Crippen LogP contribution in [0.4, 0.5) is 10.7 Å². The molecule has 1 heterocycles. The SMILES string of the molecule is COc1ccc(OC)c(/C=N/c2sc3c(c2C(=O)Nc2ccccc2)CCC3)c1. The van der Waals surface area contributed by atoms with Gasteiger partial charge in [0.15, 0.2) is 0 Å². The molecule has 1 amide bonds. The van der Waals surface area contributed by atoms with E-state index in [9.17, 15) is 4.79 Å². The molecular weight excluding hydrogens is 384 g/mol. The van der Waals surface area contributed by atoms with E-state index < -0.39 is 0 Å². The molecule has 148 valence electrons. The largest absolute Gasteiger partial charge is 0.497 e. The number of carbonyl (C=O) groups excluding carboxylic acids is 1. The van der Waals surface area contributed by atoms with Gasteiger partial charge in [0.2, 0.25) is 0 Å². The number of nitrogens with one attached hydrogen (secondary N) is 1. The smallest absolute Gasteiger partial charge is 0.259 e. The van der Waals surface area contributed by atoms with Gasteiger partial charge < -0.3 is 14.8 Å². The molecule has 0 aliphatic heterocycles. The molecular formula is C23H22N2O3S. The van der Waals surface area contributed by atoms with Crippen molar-refractivity contribution >= 4 is 34.1 Å². The highest BCUT2D eigenvalue weighted by Crippen LogP contribution is 2.41. The number of amides is 1. The summed E-state index contributed by atoms with van der Waals surface area (Å²) >= 11 is 1.60. The summed E-state index contributed by atoms with van der Waals surface area (Å²) in [4.78, 5) is 19.0. The van der Waals surface area contributed by atoms with Gasteiger partial charge in [-0.2, -0.15) is 0 Å². The van der Waals surface area contributed by atoms with E-state index in [0.717, 1.165) is 46.8 Å². The lowest BCUT2D eigenvalue weighted by atomic mass is 10.1. The minimum Gasteiger partial charge on any atom is -0.497 e. The molecule has 0 unspecified atom stereocenters. The van der Waals surface area contributed by atoms with Gasteiger partial charge in [-0.05, 0) is 55.2 Å². The van der Waals surface area contributed by atoms with Crippen molar-refractivity contribution in [3.8, 4) is 11.5 Å². The predicted molar refractivity (Wildman–Crippen MR) is 118 cm³/mol. The van der Waals surface area contributed by atoms with Crippen molar-refractivity contribution in [1.82, 2.24) is 0 Å². The minimum atomic E-state index is -0.111. The summed E-state index contributed by atoms with van der Waals surface area (Å²) in [5.41, 5.74) is 3.40. The Kier molecular flexibility index (Phi) is 5.62. The molecule has 3 aromatic rings. The first-order chi connectivity index (χ1) is 14.2. The van der Waals surface area contributed by atoms with Crippen molar-refractivity contribution in [3.63, 3.8) is 0 Å². The Labute approximate surface area is 174 Å². The Morgan fingerprint density at radius 3 is 2.69 bits per heavy atom. The number of hydrogen-bond acceptors (Lipinski definition) is 5. The number of aryl methyl sites for hydroxylation is 1. The van der Waals surface area contributed by atoms with E-state index in [-0.39, 0.29) is 5.91 Å². The van der Waals surface area contributed by atoms with Crippen molar-refractivity contribution in [2.45, 2.75) is 19.3 Å². The molecule has 0 atom stereocenters. The Balaban J connectivity index is 1.68. The van der Waals surface area contributed by atoms with E-state index in [4.69, 9.17) is 9.47 Å². The zero-order valence-corrected chi connectivity index (χ0v) is 17.2. The molecule has 0 saturated carbocycles. The zero-order valence-electron chi connectivity index (χ0n) is 16.4. The van der Waals surface area contributed by atoms with Crippen LogP contribution in [0.25, 0.3) is 0 Å². The van der Waals surface area contributed by atoms with Crippen molar-refractivity contribution < 1.29 is 14.3 Å². The highest BCUT2D eigenvalue weighted by atomic mass is 32.1. The van der Waals surface area contributed by atoms with Crippen molar-refractivity contribution in [1.29, 1.82) is 0 Å². The van der Waals surface area contributed by atoms with Gasteiger partial charge in [-0.1, -0.05) is 18.2 Å². The number of rotatable bonds is 6. The second-order valence-electron chi connectivity index (χ2n) is 6.72. The maximum atomic E-state index is 13.1. The Morgan fingerprint density at radius 1 is 1.10 bits per heavy atom. The summed E-state index contributed by atoms with van der Waals surface area (Å²) in [6, 6.07) is 15.1. The third kappa shape index (κ3) is 4.03. The molecule has 4 rings (SSSR count). The van der Waals surface area contributed by atoms with Crippen LogP contribution in [0.2, 0.25) is 0 Å². The summed E-state index contributed by atoms with van der Waals surface area (Å²) in [7, 11) is 3.25. The van der Waals surface area contributed by atoms with Gasteiger partial charge in [-0.25, -0.2) is 4.99 Å². The van der Waals surface area contributed by atoms with Crippen LogP contribution in [0.5, 0.6) is 11.5 Å². The fourth-order valence-corrected chi connectivity index (χ4v) is 4.73. The summed E-state index contributed by atoms with van der Waals surface area (Å²) in [5, 5.41) is 3.73. The zero-order chi connectivity index (χ0) is 20.2. The lowest BCUT2D eigenvalue weighted by Crippen LogP contribution is -2.13. The van der Waals surface area contributed by atoms with E-state index in [1.54, 1.807) is 31.8 Å². The molecule has 29 heavy (non-hydrogen) atoms. The van der Waals surface area contributed by atoms with Gasteiger partial charge >= 0.3 is 0 Å². The first-order valence-electron chi connectivity index (χ1n) is 9.46. The molecule has 0 spiro atoms. The molecule has 1 aromatic heterocycles. The van der Waals surface area contributed by atoms with Crippen LogP contribution >= 0.6 is 11.3 Å². The molecule has 5 nitrogen and oxygen atoms in total. The number of anilines is 1. The number of nitrogens with zero attached hydrogens (tertiary/aromatic N) is 1. The number of para-hydroxylation sites is 1. The van der Waals surface area contributed by atoms with Crippen molar-refractivity contribution in [2.24, 2.45) is 4.99 Å². The van der Waals surface area contributed by atoms with Crippen LogP contribution in [-0.2, 0) is 12.8 Å². The van der Waals surface area contributed by atoms with Gasteiger partial charge in [-0.15, -0.1) is 11.3 Å². The average Bonchev–Trinajstić information content (AvgIpc) is 3.33. The lowest BCUT2D eigenvalue weighted by Gasteiger charge is -2.08. The predicted octanol–water partition coefficient (Wildman–Crippen LogP) is 5.26. The van der Waals surface area contributed by atoms with Gasteiger partial charge in [0, 0.05) is 22.3 Å². The van der Waals surface area contributed by atoms with Crippen LogP contribution < -0.4 is 14.8 Å². The highest BCUT2D eigenvalue weighted by Gasteiger charge is 2.26. The second kappa shape index (κ2) is 8.49. The third-order valence-electron chi connectivity index (χ3n) is 4.92. The molecule has 0 saturated heterocycles. The van der Waals surface area contributed by atoms with Crippen LogP contribution in [-0.4, -0.2) is 26.3 Å². The van der Waals surface area contributed by atoms with Crippen LogP contribution in [0.3, 0.4) is 0 Å². The molecule has 1 aliphatic carbocycles. The molecule has 0 fully saturated rings. The number of methoxy groups -OCH3 is 2. The van der Waals surface area contributed by atoms with Gasteiger partial charge in [0.05, 0.1) is 19.8 Å². The van der Waals surface area contributed by atoms with Crippen molar-refractivity contribution in [2.75, 3.05) is 19.5 Å². The third-order valence-corrected chi connectivity index (χ3v) is 6.12. The van der Waals surface area contributed by atoms with Gasteiger partial charge in [0.25, 0.3) is 5.91 Å². The highest BCUT2D eigenvalue weighted by molar-refractivity contribution is 7.16. The average molecular weight is 407 g/mol. The van der Waals surface area contributed by atoms with Crippen LogP contribution in [0.15, 0.2) is 53.5 Å². The summed E-state index contributed by atoms with van der Waals surface area (Å²) in [6.45, 7) is 0. The second-order valence-corrected chi connectivity index (χ2v) is 7.81. The standard InChI is InChI=1S/C23H22N2O3S/c1-27-17-11-12-19(28-2)15(13-17)14-24-23-21(18-9-6-10-20(18)29-23)22(26)25-16-7-4-3-5-8-16/h3-5,7-8,11-14H,6,9-10H2,1-2H3,(H,25,26)/b24-14+. The van der Waals surface area contributed by atoms with E-state index in [2.05, 4.69) is 10.3 Å². The van der Waals surface area contributed by atoms with Crippen LogP contribution in [0, 0.1) is 0 Å².